The number of hydrogen-bond donors (Lipinski definition) is 1. The number of para-hydroxylation sites is 2. The van der Waals surface area contributed by atoms with Gasteiger partial charge in [0.25, 0.3) is 5.69 Å². The van der Waals surface area contributed by atoms with Crippen LogP contribution in [0.3, 0.4) is 0 Å². The average molecular weight is 268 g/mol. The zero-order chi connectivity index (χ0) is 14.5. The van der Waals surface area contributed by atoms with Crippen LogP contribution in [0, 0.1) is 24.0 Å². The molecular formula is C16H16N2O2. The molecule has 0 amide bonds. The van der Waals surface area contributed by atoms with Gasteiger partial charge in [0.15, 0.2) is 0 Å². The summed E-state index contributed by atoms with van der Waals surface area (Å²) < 4.78 is 0. The van der Waals surface area contributed by atoms with Gasteiger partial charge in [0, 0.05) is 28.7 Å². The number of fused-ring (bicyclic) bond motifs is 1. The maximum atomic E-state index is 10.2. The van der Waals surface area contributed by atoms with Crippen molar-refractivity contribution in [3.8, 4) is 0 Å². The molecule has 0 fully saturated rings. The van der Waals surface area contributed by atoms with Crippen LogP contribution >= 0.6 is 0 Å². The Kier molecular flexibility index (Phi) is 4.15. The highest BCUT2D eigenvalue weighted by Gasteiger charge is 2.06. The minimum Gasteiger partial charge on any atom is -0.361 e. The zero-order valence-electron chi connectivity index (χ0n) is 11.5. The fourth-order valence-electron chi connectivity index (χ4n) is 1.98. The standard InChI is InChI=1S/C9H9N.C7H7NO2/c1-7-6-10-9-5-3-2-4-8(7)9;1-6-4-2-3-5-7(6)8(9)10/h2-6,10H,1H3;2-5H,1H3. The van der Waals surface area contributed by atoms with Gasteiger partial charge >= 0.3 is 0 Å². The summed E-state index contributed by atoms with van der Waals surface area (Å²) >= 11 is 0. The number of benzene rings is 2. The minimum atomic E-state index is -0.380. The van der Waals surface area contributed by atoms with E-state index in [1.165, 1.54) is 22.5 Å². The number of nitrogens with one attached hydrogen (secondary N) is 1. The van der Waals surface area contributed by atoms with Gasteiger partial charge < -0.3 is 4.98 Å². The van der Waals surface area contributed by atoms with E-state index in [1.807, 2.05) is 12.3 Å². The van der Waals surface area contributed by atoms with Gasteiger partial charge in [-0.1, -0.05) is 36.4 Å². The Hall–Kier alpha value is -2.62. The number of hydrogen-bond acceptors (Lipinski definition) is 2. The summed E-state index contributed by atoms with van der Waals surface area (Å²) in [4.78, 5) is 13.0. The smallest absolute Gasteiger partial charge is 0.272 e. The molecule has 3 rings (SSSR count). The van der Waals surface area contributed by atoms with Gasteiger partial charge in [-0.2, -0.15) is 0 Å². The molecule has 4 nitrogen and oxygen atoms in total. The first-order valence-electron chi connectivity index (χ1n) is 6.32. The number of nitrogens with zero attached hydrogens (tertiary/aromatic N) is 1. The molecule has 0 radical (unpaired) electrons. The Balaban J connectivity index is 0.000000147. The predicted molar refractivity (Wildman–Crippen MR) is 80.9 cm³/mol. The van der Waals surface area contributed by atoms with Crippen molar-refractivity contribution in [2.75, 3.05) is 0 Å². The summed E-state index contributed by atoms with van der Waals surface area (Å²) in [6.45, 7) is 3.83. The largest absolute Gasteiger partial charge is 0.361 e. The van der Waals surface area contributed by atoms with Crippen LogP contribution in [0.1, 0.15) is 11.1 Å². The van der Waals surface area contributed by atoms with Crippen molar-refractivity contribution in [2.45, 2.75) is 13.8 Å². The van der Waals surface area contributed by atoms with Crippen LogP contribution in [0.15, 0.2) is 54.7 Å². The van der Waals surface area contributed by atoms with E-state index < -0.39 is 0 Å². The average Bonchev–Trinajstić information content (AvgIpc) is 2.82. The molecule has 4 heteroatoms. The third-order valence-electron chi connectivity index (χ3n) is 3.11. The first-order chi connectivity index (χ1) is 9.59. The minimum absolute atomic E-state index is 0.183. The summed E-state index contributed by atoms with van der Waals surface area (Å²) in [5, 5.41) is 11.5. The maximum absolute atomic E-state index is 10.2. The van der Waals surface area contributed by atoms with Crippen LogP contribution in [0.5, 0.6) is 0 Å². The van der Waals surface area contributed by atoms with Crippen molar-refractivity contribution in [2.24, 2.45) is 0 Å². The second kappa shape index (κ2) is 6.02. The lowest BCUT2D eigenvalue weighted by Crippen LogP contribution is -1.89. The third kappa shape index (κ3) is 3.03. The molecule has 0 saturated heterocycles. The summed E-state index contributed by atoms with van der Waals surface area (Å²) in [6.07, 6.45) is 2.03. The molecule has 0 aliphatic rings. The number of aromatic nitrogens is 1. The van der Waals surface area contributed by atoms with E-state index in [9.17, 15) is 10.1 Å². The number of rotatable bonds is 1. The van der Waals surface area contributed by atoms with Crippen molar-refractivity contribution in [1.82, 2.24) is 4.98 Å². The van der Waals surface area contributed by atoms with E-state index in [0.29, 0.717) is 5.56 Å². The Labute approximate surface area is 117 Å². The number of nitro groups is 1. The van der Waals surface area contributed by atoms with Crippen molar-refractivity contribution in [3.05, 3.63) is 76.0 Å². The normalized spacial score (nSPS) is 9.90. The third-order valence-corrected chi connectivity index (χ3v) is 3.11. The first-order valence-corrected chi connectivity index (χ1v) is 6.32. The van der Waals surface area contributed by atoms with Gasteiger partial charge in [-0.3, -0.25) is 10.1 Å². The van der Waals surface area contributed by atoms with Gasteiger partial charge in [-0.05, 0) is 25.5 Å². The molecule has 2 aromatic carbocycles. The highest BCUT2D eigenvalue weighted by Crippen LogP contribution is 2.16. The summed E-state index contributed by atoms with van der Waals surface area (Å²) in [5.74, 6) is 0. The van der Waals surface area contributed by atoms with Crippen LogP contribution in [0.25, 0.3) is 10.9 Å². The number of aryl methyl sites for hydroxylation is 2. The van der Waals surface area contributed by atoms with Gasteiger partial charge in [0.2, 0.25) is 0 Å². The molecule has 3 aromatic rings. The molecule has 0 saturated carbocycles. The number of H-pyrrole nitrogens is 1. The summed E-state index contributed by atoms with van der Waals surface area (Å²) in [7, 11) is 0. The molecule has 1 aromatic heterocycles. The van der Waals surface area contributed by atoms with E-state index in [0.717, 1.165) is 0 Å². The van der Waals surface area contributed by atoms with E-state index in [2.05, 4.69) is 30.1 Å². The maximum Gasteiger partial charge on any atom is 0.272 e. The van der Waals surface area contributed by atoms with Crippen molar-refractivity contribution in [3.63, 3.8) is 0 Å². The van der Waals surface area contributed by atoms with Crippen molar-refractivity contribution < 1.29 is 4.92 Å². The highest BCUT2D eigenvalue weighted by molar-refractivity contribution is 5.82. The van der Waals surface area contributed by atoms with Gasteiger partial charge in [-0.15, -0.1) is 0 Å². The monoisotopic (exact) mass is 268 g/mol. The van der Waals surface area contributed by atoms with E-state index in [-0.39, 0.29) is 10.6 Å². The lowest BCUT2D eigenvalue weighted by atomic mass is 10.2. The zero-order valence-corrected chi connectivity index (χ0v) is 11.5. The molecule has 102 valence electrons. The number of nitro benzene ring substituents is 1. The van der Waals surface area contributed by atoms with Crippen molar-refractivity contribution in [1.29, 1.82) is 0 Å². The Morgan fingerprint density at radius 1 is 0.950 bits per heavy atom. The van der Waals surface area contributed by atoms with Gasteiger partial charge in [0.05, 0.1) is 4.92 Å². The molecule has 0 bridgehead atoms. The Morgan fingerprint density at radius 3 is 2.20 bits per heavy atom. The molecule has 0 aliphatic heterocycles. The van der Waals surface area contributed by atoms with Crippen LogP contribution in [-0.4, -0.2) is 9.91 Å². The van der Waals surface area contributed by atoms with Crippen LogP contribution in [0.2, 0.25) is 0 Å². The SMILES string of the molecule is Cc1c[nH]c2ccccc12.Cc1ccccc1[N+](=O)[O-]. The van der Waals surface area contributed by atoms with Crippen LogP contribution in [0.4, 0.5) is 5.69 Å². The molecular weight excluding hydrogens is 252 g/mol. The lowest BCUT2D eigenvalue weighted by Gasteiger charge is -1.92. The lowest BCUT2D eigenvalue weighted by molar-refractivity contribution is -0.385. The predicted octanol–water partition coefficient (Wildman–Crippen LogP) is 4.38. The molecule has 0 spiro atoms. The highest BCUT2D eigenvalue weighted by atomic mass is 16.6. The van der Waals surface area contributed by atoms with E-state index >= 15 is 0 Å². The molecule has 0 unspecified atom stereocenters. The fraction of sp³-hybridized carbons (Fsp3) is 0.125. The molecule has 0 atom stereocenters. The quantitative estimate of drug-likeness (QED) is 0.526. The summed E-state index contributed by atoms with van der Waals surface area (Å²) in [5.41, 5.74) is 3.42. The topological polar surface area (TPSA) is 58.9 Å². The second-order valence-corrected chi connectivity index (χ2v) is 4.56. The van der Waals surface area contributed by atoms with E-state index in [4.69, 9.17) is 0 Å². The molecule has 0 aliphatic carbocycles. The first kappa shape index (κ1) is 13.8. The van der Waals surface area contributed by atoms with Gasteiger partial charge in [-0.25, -0.2) is 0 Å². The van der Waals surface area contributed by atoms with E-state index in [1.54, 1.807) is 25.1 Å². The number of aromatic amines is 1. The Bertz CT molecular complexity index is 732. The second-order valence-electron chi connectivity index (χ2n) is 4.56. The van der Waals surface area contributed by atoms with Crippen LogP contribution < -0.4 is 0 Å². The molecule has 1 heterocycles. The van der Waals surface area contributed by atoms with Crippen molar-refractivity contribution >= 4 is 16.6 Å². The van der Waals surface area contributed by atoms with Gasteiger partial charge in [0.1, 0.15) is 0 Å². The molecule has 20 heavy (non-hydrogen) atoms. The summed E-state index contributed by atoms with van der Waals surface area (Å²) in [6, 6.07) is 15.0. The Morgan fingerprint density at radius 2 is 1.60 bits per heavy atom. The van der Waals surface area contributed by atoms with Crippen LogP contribution in [-0.2, 0) is 0 Å². The molecule has 1 N–H and O–H groups in total. The fourth-order valence-corrected chi connectivity index (χ4v) is 1.98.